The van der Waals surface area contributed by atoms with E-state index in [1.54, 1.807) is 7.11 Å². The van der Waals surface area contributed by atoms with Crippen molar-refractivity contribution in [3.63, 3.8) is 0 Å². The molecule has 3 aliphatic rings. The molecule has 1 aromatic carbocycles. The standard InChI is InChI=1S/C19H25NO3/c1-21-16-7-5-15(6-8-16)13-17-14-18(20-10-2-3-11-20)19(23-17)9-4-12-22-19/h5-8,13,18H,2-4,9-12,14H2,1H3/b17-13-/t18-,19+/m0/s1. The maximum absolute atomic E-state index is 6.36. The minimum absolute atomic E-state index is 0.372. The van der Waals surface area contributed by atoms with Crippen molar-refractivity contribution in [3.05, 3.63) is 35.6 Å². The molecule has 0 amide bonds. The number of nitrogens with zero attached hydrogens (tertiary/aromatic N) is 1. The van der Waals surface area contributed by atoms with Crippen LogP contribution in [-0.2, 0) is 9.47 Å². The smallest absolute Gasteiger partial charge is 0.226 e. The second-order valence-electron chi connectivity index (χ2n) is 6.71. The highest BCUT2D eigenvalue weighted by Crippen LogP contribution is 2.45. The molecule has 0 radical (unpaired) electrons. The van der Waals surface area contributed by atoms with Crippen LogP contribution in [0.25, 0.3) is 6.08 Å². The van der Waals surface area contributed by atoms with Gasteiger partial charge in [-0.1, -0.05) is 12.1 Å². The number of ether oxygens (including phenoxy) is 3. The molecule has 1 spiro atoms. The van der Waals surface area contributed by atoms with Crippen molar-refractivity contribution in [1.29, 1.82) is 0 Å². The third kappa shape index (κ3) is 2.86. The van der Waals surface area contributed by atoms with E-state index in [1.165, 1.54) is 25.9 Å². The number of rotatable bonds is 3. The van der Waals surface area contributed by atoms with Crippen LogP contribution in [0.1, 0.15) is 37.7 Å². The lowest BCUT2D eigenvalue weighted by molar-refractivity contribution is -0.191. The van der Waals surface area contributed by atoms with Crippen molar-refractivity contribution in [2.24, 2.45) is 0 Å². The van der Waals surface area contributed by atoms with Crippen LogP contribution >= 0.6 is 0 Å². The summed E-state index contributed by atoms with van der Waals surface area (Å²) in [5.41, 5.74) is 1.15. The van der Waals surface area contributed by atoms with E-state index in [1.807, 2.05) is 12.1 Å². The monoisotopic (exact) mass is 315 g/mol. The molecular formula is C19H25NO3. The summed E-state index contributed by atoms with van der Waals surface area (Å²) in [4.78, 5) is 2.57. The van der Waals surface area contributed by atoms with Gasteiger partial charge in [-0.25, -0.2) is 0 Å². The minimum Gasteiger partial charge on any atom is -0.497 e. The predicted octanol–water partition coefficient (Wildman–Crippen LogP) is 3.43. The highest BCUT2D eigenvalue weighted by atomic mass is 16.7. The lowest BCUT2D eigenvalue weighted by Gasteiger charge is -2.34. The molecule has 4 nitrogen and oxygen atoms in total. The Bertz CT molecular complexity index is 569. The molecule has 1 aromatic rings. The molecule has 4 heteroatoms. The topological polar surface area (TPSA) is 30.9 Å². The van der Waals surface area contributed by atoms with E-state index >= 15 is 0 Å². The van der Waals surface area contributed by atoms with Gasteiger partial charge in [0.15, 0.2) is 0 Å². The molecule has 0 N–H and O–H groups in total. The van der Waals surface area contributed by atoms with Gasteiger partial charge in [0, 0.05) is 12.8 Å². The van der Waals surface area contributed by atoms with Gasteiger partial charge >= 0.3 is 0 Å². The molecule has 0 saturated carbocycles. The molecule has 3 fully saturated rings. The fraction of sp³-hybridized carbons (Fsp3) is 0.579. The van der Waals surface area contributed by atoms with Crippen molar-refractivity contribution in [1.82, 2.24) is 4.90 Å². The number of methoxy groups -OCH3 is 1. The zero-order valence-corrected chi connectivity index (χ0v) is 13.8. The summed E-state index contributed by atoms with van der Waals surface area (Å²) >= 11 is 0. The van der Waals surface area contributed by atoms with Gasteiger partial charge in [0.05, 0.1) is 19.8 Å². The zero-order valence-electron chi connectivity index (χ0n) is 13.8. The van der Waals surface area contributed by atoms with Gasteiger partial charge in [0.2, 0.25) is 5.79 Å². The molecule has 0 aliphatic carbocycles. The molecule has 3 saturated heterocycles. The van der Waals surface area contributed by atoms with E-state index in [4.69, 9.17) is 14.2 Å². The first-order chi connectivity index (χ1) is 11.3. The van der Waals surface area contributed by atoms with Crippen LogP contribution in [0.2, 0.25) is 0 Å². The van der Waals surface area contributed by atoms with Crippen molar-refractivity contribution in [3.8, 4) is 5.75 Å². The first-order valence-electron chi connectivity index (χ1n) is 8.71. The maximum Gasteiger partial charge on any atom is 0.226 e. The highest BCUT2D eigenvalue weighted by molar-refractivity contribution is 5.53. The lowest BCUT2D eigenvalue weighted by Crippen LogP contribution is -2.48. The molecule has 0 bridgehead atoms. The van der Waals surface area contributed by atoms with E-state index in [0.29, 0.717) is 6.04 Å². The van der Waals surface area contributed by atoms with Crippen LogP contribution in [0.4, 0.5) is 0 Å². The van der Waals surface area contributed by atoms with E-state index < -0.39 is 5.79 Å². The van der Waals surface area contributed by atoms with Gasteiger partial charge < -0.3 is 14.2 Å². The first-order valence-corrected chi connectivity index (χ1v) is 8.71. The molecule has 0 unspecified atom stereocenters. The fourth-order valence-corrected chi connectivity index (χ4v) is 4.09. The van der Waals surface area contributed by atoms with Crippen LogP contribution in [0.5, 0.6) is 5.75 Å². The van der Waals surface area contributed by atoms with Gasteiger partial charge in [0.1, 0.15) is 11.5 Å². The molecule has 124 valence electrons. The average molecular weight is 315 g/mol. The lowest BCUT2D eigenvalue weighted by atomic mass is 10.0. The van der Waals surface area contributed by atoms with Gasteiger partial charge in [0.25, 0.3) is 0 Å². The zero-order chi connectivity index (χ0) is 15.7. The molecule has 0 aromatic heterocycles. The Morgan fingerprint density at radius 3 is 2.61 bits per heavy atom. The summed E-state index contributed by atoms with van der Waals surface area (Å²) in [6.45, 7) is 3.17. The fourth-order valence-electron chi connectivity index (χ4n) is 4.09. The van der Waals surface area contributed by atoms with Crippen molar-refractivity contribution in [2.45, 2.75) is 43.9 Å². The Hall–Kier alpha value is -1.52. The summed E-state index contributed by atoms with van der Waals surface area (Å²) in [6, 6.07) is 8.49. The van der Waals surface area contributed by atoms with E-state index in [-0.39, 0.29) is 0 Å². The summed E-state index contributed by atoms with van der Waals surface area (Å²) in [7, 11) is 1.69. The molecular weight excluding hydrogens is 290 g/mol. The van der Waals surface area contributed by atoms with Gasteiger partial charge in [-0.05, 0) is 56.1 Å². The molecule has 4 rings (SSSR count). The van der Waals surface area contributed by atoms with Crippen LogP contribution in [-0.4, -0.2) is 43.5 Å². The van der Waals surface area contributed by atoms with E-state index in [2.05, 4.69) is 23.1 Å². The number of likely N-dealkylation sites (tertiary alicyclic amines) is 1. The summed E-state index contributed by atoms with van der Waals surface area (Å²) in [5.74, 6) is 1.53. The molecule has 2 atom stereocenters. The molecule has 3 aliphatic heterocycles. The van der Waals surface area contributed by atoms with Crippen LogP contribution in [0, 0.1) is 0 Å². The summed E-state index contributed by atoms with van der Waals surface area (Å²) < 4.78 is 17.7. The van der Waals surface area contributed by atoms with Crippen LogP contribution in [0.15, 0.2) is 30.0 Å². The first kappa shape index (κ1) is 15.0. The van der Waals surface area contributed by atoms with E-state index in [0.717, 1.165) is 42.9 Å². The largest absolute Gasteiger partial charge is 0.497 e. The Morgan fingerprint density at radius 2 is 1.96 bits per heavy atom. The number of hydrogen-bond donors (Lipinski definition) is 0. The van der Waals surface area contributed by atoms with Crippen molar-refractivity contribution < 1.29 is 14.2 Å². The Labute approximate surface area is 138 Å². The third-order valence-electron chi connectivity index (χ3n) is 5.25. The number of hydrogen-bond acceptors (Lipinski definition) is 4. The minimum atomic E-state index is -0.400. The van der Waals surface area contributed by atoms with Gasteiger partial charge in [-0.3, -0.25) is 4.90 Å². The van der Waals surface area contributed by atoms with Gasteiger partial charge in [-0.15, -0.1) is 0 Å². The van der Waals surface area contributed by atoms with E-state index in [9.17, 15) is 0 Å². The third-order valence-corrected chi connectivity index (χ3v) is 5.25. The maximum atomic E-state index is 6.36. The Kier molecular flexibility index (Phi) is 4.04. The second-order valence-corrected chi connectivity index (χ2v) is 6.71. The van der Waals surface area contributed by atoms with Crippen molar-refractivity contribution in [2.75, 3.05) is 26.8 Å². The second kappa shape index (κ2) is 6.17. The van der Waals surface area contributed by atoms with Crippen molar-refractivity contribution >= 4 is 6.08 Å². The highest BCUT2D eigenvalue weighted by Gasteiger charge is 2.53. The number of benzene rings is 1. The molecule has 3 heterocycles. The predicted molar refractivity (Wildman–Crippen MR) is 89.2 cm³/mol. The van der Waals surface area contributed by atoms with Gasteiger partial charge in [-0.2, -0.15) is 0 Å². The quantitative estimate of drug-likeness (QED) is 0.855. The normalized spacial score (nSPS) is 32.7. The average Bonchev–Trinajstić information content (AvgIpc) is 3.31. The summed E-state index contributed by atoms with van der Waals surface area (Å²) in [6.07, 6.45) is 7.80. The van der Waals surface area contributed by atoms with Crippen LogP contribution < -0.4 is 4.74 Å². The Morgan fingerprint density at radius 1 is 1.17 bits per heavy atom. The summed E-state index contributed by atoms with van der Waals surface area (Å²) in [5, 5.41) is 0. The molecule has 23 heavy (non-hydrogen) atoms. The Balaban J connectivity index is 1.56. The SMILES string of the molecule is COc1ccc(/C=C2/C[C@H](N3CCCC3)[C@@]3(CCCO3)O2)cc1. The van der Waals surface area contributed by atoms with Crippen LogP contribution in [0.3, 0.4) is 0 Å².